The number of benzene rings is 1. The maximum absolute atomic E-state index is 11.9. The first kappa shape index (κ1) is 14.0. The zero-order valence-corrected chi connectivity index (χ0v) is 11.7. The van der Waals surface area contributed by atoms with Gasteiger partial charge in [-0.1, -0.05) is 0 Å². The SMILES string of the molecule is COc1ccc(Cn2c(C)cc(O)cc2=O)c(OC)c1. The normalized spacial score (nSPS) is 10.3. The maximum Gasteiger partial charge on any atom is 0.254 e. The Morgan fingerprint density at radius 2 is 1.90 bits per heavy atom. The molecule has 0 spiro atoms. The second-order valence-corrected chi connectivity index (χ2v) is 4.46. The van der Waals surface area contributed by atoms with Crippen molar-refractivity contribution >= 4 is 0 Å². The van der Waals surface area contributed by atoms with Crippen LogP contribution in [0, 0.1) is 6.92 Å². The van der Waals surface area contributed by atoms with Gasteiger partial charge in [0.05, 0.1) is 20.8 Å². The molecule has 1 aromatic carbocycles. The Bertz CT molecular complexity index is 676. The molecule has 5 heteroatoms. The lowest BCUT2D eigenvalue weighted by Crippen LogP contribution is -2.21. The molecule has 0 unspecified atom stereocenters. The molecule has 2 rings (SSSR count). The summed E-state index contributed by atoms with van der Waals surface area (Å²) in [6, 6.07) is 8.20. The number of rotatable bonds is 4. The van der Waals surface area contributed by atoms with Gasteiger partial charge in [0.1, 0.15) is 17.2 Å². The topological polar surface area (TPSA) is 60.7 Å². The molecule has 1 heterocycles. The number of ether oxygens (including phenoxy) is 2. The van der Waals surface area contributed by atoms with E-state index >= 15 is 0 Å². The van der Waals surface area contributed by atoms with E-state index in [0.717, 1.165) is 5.56 Å². The summed E-state index contributed by atoms with van der Waals surface area (Å²) in [6.45, 7) is 2.15. The number of aryl methyl sites for hydroxylation is 1. The average molecular weight is 275 g/mol. The molecule has 0 radical (unpaired) electrons. The van der Waals surface area contributed by atoms with Gasteiger partial charge in [-0.25, -0.2) is 0 Å². The molecule has 0 aliphatic carbocycles. The van der Waals surface area contributed by atoms with Crippen LogP contribution < -0.4 is 15.0 Å². The van der Waals surface area contributed by atoms with Gasteiger partial charge >= 0.3 is 0 Å². The maximum atomic E-state index is 11.9. The van der Waals surface area contributed by atoms with Crippen molar-refractivity contribution in [2.45, 2.75) is 13.5 Å². The van der Waals surface area contributed by atoms with Crippen molar-refractivity contribution in [2.24, 2.45) is 0 Å². The molecular weight excluding hydrogens is 258 g/mol. The van der Waals surface area contributed by atoms with Crippen molar-refractivity contribution < 1.29 is 14.6 Å². The Kier molecular flexibility index (Phi) is 3.98. The molecule has 0 saturated heterocycles. The molecule has 0 bridgehead atoms. The highest BCUT2D eigenvalue weighted by Crippen LogP contribution is 2.25. The van der Waals surface area contributed by atoms with E-state index in [1.54, 1.807) is 37.8 Å². The van der Waals surface area contributed by atoms with Crippen LogP contribution in [0.25, 0.3) is 0 Å². The van der Waals surface area contributed by atoms with E-state index in [9.17, 15) is 9.90 Å². The van der Waals surface area contributed by atoms with Crippen LogP contribution in [0.1, 0.15) is 11.3 Å². The Hall–Kier alpha value is -2.43. The van der Waals surface area contributed by atoms with Crippen molar-refractivity contribution in [3.63, 3.8) is 0 Å². The fourth-order valence-corrected chi connectivity index (χ4v) is 2.07. The van der Waals surface area contributed by atoms with Crippen LogP contribution in [-0.4, -0.2) is 23.9 Å². The van der Waals surface area contributed by atoms with Crippen molar-refractivity contribution in [1.29, 1.82) is 0 Å². The zero-order valence-electron chi connectivity index (χ0n) is 11.7. The zero-order chi connectivity index (χ0) is 14.7. The van der Waals surface area contributed by atoms with Crippen molar-refractivity contribution in [3.05, 3.63) is 51.9 Å². The fourth-order valence-electron chi connectivity index (χ4n) is 2.07. The summed E-state index contributed by atoms with van der Waals surface area (Å²) in [4.78, 5) is 11.9. The molecule has 20 heavy (non-hydrogen) atoms. The third-order valence-electron chi connectivity index (χ3n) is 3.14. The van der Waals surface area contributed by atoms with Crippen LogP contribution in [0.5, 0.6) is 17.2 Å². The summed E-state index contributed by atoms with van der Waals surface area (Å²) < 4.78 is 12.0. The van der Waals surface area contributed by atoms with E-state index < -0.39 is 0 Å². The lowest BCUT2D eigenvalue weighted by atomic mass is 10.1. The minimum absolute atomic E-state index is 0.0227. The lowest BCUT2D eigenvalue weighted by molar-refractivity contribution is 0.390. The van der Waals surface area contributed by atoms with Crippen LogP contribution in [0.4, 0.5) is 0 Å². The van der Waals surface area contributed by atoms with Crippen LogP contribution in [-0.2, 0) is 6.54 Å². The Morgan fingerprint density at radius 3 is 2.50 bits per heavy atom. The minimum Gasteiger partial charge on any atom is -0.508 e. The van der Waals surface area contributed by atoms with Crippen LogP contribution in [0.2, 0.25) is 0 Å². The van der Waals surface area contributed by atoms with E-state index in [-0.39, 0.29) is 11.3 Å². The number of aromatic hydroxyl groups is 1. The van der Waals surface area contributed by atoms with Crippen LogP contribution >= 0.6 is 0 Å². The molecule has 0 amide bonds. The standard InChI is InChI=1S/C15H17NO4/c1-10-6-12(17)7-15(18)16(10)9-11-4-5-13(19-2)8-14(11)20-3/h4-8,17H,9H2,1-3H3. The predicted octanol–water partition coefficient (Wildman–Crippen LogP) is 1.93. The van der Waals surface area contributed by atoms with E-state index in [2.05, 4.69) is 0 Å². The quantitative estimate of drug-likeness (QED) is 0.926. The molecule has 0 aliphatic rings. The van der Waals surface area contributed by atoms with Gasteiger partial charge in [0, 0.05) is 23.4 Å². The number of aromatic nitrogens is 1. The van der Waals surface area contributed by atoms with Crippen molar-refractivity contribution in [2.75, 3.05) is 14.2 Å². The van der Waals surface area contributed by atoms with Gasteiger partial charge in [0.25, 0.3) is 5.56 Å². The van der Waals surface area contributed by atoms with Crippen LogP contribution in [0.3, 0.4) is 0 Å². The molecule has 1 aromatic heterocycles. The molecule has 106 valence electrons. The fraction of sp³-hybridized carbons (Fsp3) is 0.267. The van der Waals surface area contributed by atoms with Crippen LogP contribution in [0.15, 0.2) is 35.1 Å². The first-order valence-electron chi connectivity index (χ1n) is 6.16. The van der Waals surface area contributed by atoms with Gasteiger partial charge in [0.15, 0.2) is 0 Å². The number of methoxy groups -OCH3 is 2. The Morgan fingerprint density at radius 1 is 1.15 bits per heavy atom. The number of hydrogen-bond donors (Lipinski definition) is 1. The molecule has 0 atom stereocenters. The predicted molar refractivity (Wildman–Crippen MR) is 75.8 cm³/mol. The van der Waals surface area contributed by atoms with E-state index in [1.165, 1.54) is 6.07 Å². The van der Waals surface area contributed by atoms with Gasteiger partial charge in [-0.3, -0.25) is 4.79 Å². The molecule has 0 aliphatic heterocycles. The van der Waals surface area contributed by atoms with Gasteiger partial charge in [0.2, 0.25) is 0 Å². The smallest absolute Gasteiger partial charge is 0.254 e. The summed E-state index contributed by atoms with van der Waals surface area (Å²) in [6.07, 6.45) is 0. The number of hydrogen-bond acceptors (Lipinski definition) is 4. The second-order valence-electron chi connectivity index (χ2n) is 4.46. The highest BCUT2D eigenvalue weighted by atomic mass is 16.5. The third kappa shape index (κ3) is 2.77. The van der Waals surface area contributed by atoms with Gasteiger partial charge < -0.3 is 19.1 Å². The van der Waals surface area contributed by atoms with E-state index in [1.807, 2.05) is 12.1 Å². The highest BCUT2D eigenvalue weighted by Gasteiger charge is 2.09. The first-order chi connectivity index (χ1) is 9.55. The third-order valence-corrected chi connectivity index (χ3v) is 3.14. The number of pyridine rings is 1. The van der Waals surface area contributed by atoms with Gasteiger partial charge in [-0.2, -0.15) is 0 Å². The number of nitrogens with zero attached hydrogens (tertiary/aromatic N) is 1. The summed E-state index contributed by atoms with van der Waals surface area (Å²) in [5.41, 5.74) is 1.30. The molecule has 1 N–H and O–H groups in total. The van der Waals surface area contributed by atoms with Crippen molar-refractivity contribution in [1.82, 2.24) is 4.57 Å². The van der Waals surface area contributed by atoms with E-state index in [0.29, 0.717) is 23.7 Å². The lowest BCUT2D eigenvalue weighted by Gasteiger charge is -2.14. The molecule has 2 aromatic rings. The molecule has 0 fully saturated rings. The second kappa shape index (κ2) is 5.69. The molecule has 5 nitrogen and oxygen atoms in total. The van der Waals surface area contributed by atoms with Gasteiger partial charge in [-0.15, -0.1) is 0 Å². The van der Waals surface area contributed by atoms with Gasteiger partial charge in [-0.05, 0) is 25.1 Å². The minimum atomic E-state index is -0.250. The highest BCUT2D eigenvalue weighted by molar-refractivity contribution is 5.41. The summed E-state index contributed by atoms with van der Waals surface area (Å²) in [5, 5.41) is 9.40. The summed E-state index contributed by atoms with van der Waals surface area (Å²) in [7, 11) is 3.16. The molecule has 0 saturated carbocycles. The Balaban J connectivity index is 2.42. The van der Waals surface area contributed by atoms with Crippen molar-refractivity contribution in [3.8, 4) is 17.2 Å². The monoisotopic (exact) mass is 275 g/mol. The molecular formula is C15H17NO4. The average Bonchev–Trinajstić information content (AvgIpc) is 2.42. The largest absolute Gasteiger partial charge is 0.508 e. The van der Waals surface area contributed by atoms with E-state index in [4.69, 9.17) is 9.47 Å². The first-order valence-corrected chi connectivity index (χ1v) is 6.16. The Labute approximate surface area is 117 Å². The summed E-state index contributed by atoms with van der Waals surface area (Å²) in [5.74, 6) is 1.33. The summed E-state index contributed by atoms with van der Waals surface area (Å²) >= 11 is 0.